The van der Waals surface area contributed by atoms with Gasteiger partial charge in [-0.15, -0.1) is 0 Å². The van der Waals surface area contributed by atoms with Crippen molar-refractivity contribution in [1.29, 1.82) is 0 Å². The summed E-state index contributed by atoms with van der Waals surface area (Å²) >= 11 is 0. The molecule has 8 nitrogen and oxygen atoms in total. The average molecular weight is 380 g/mol. The van der Waals surface area contributed by atoms with Gasteiger partial charge >= 0.3 is 0 Å². The molecule has 142 valence electrons. The van der Waals surface area contributed by atoms with Crippen LogP contribution >= 0.6 is 0 Å². The molecule has 0 fully saturated rings. The lowest BCUT2D eigenvalue weighted by Crippen LogP contribution is -2.45. The molecule has 9 heteroatoms. The normalized spacial score (nSPS) is 12.6. The standard InChI is InChI=1S/C17H24N4O4S/c1-13-5-6-15(25-3)16(11-13)26(23,24)20-14(2)17(22)19-7-4-9-21-10-8-18-12-21/h5-6,8,10-12,14,20H,4,7,9H2,1-3H3,(H,19,22)/t14-/m0/s1. The minimum Gasteiger partial charge on any atom is -0.495 e. The van der Waals surface area contributed by atoms with E-state index in [9.17, 15) is 13.2 Å². The number of hydrogen-bond donors (Lipinski definition) is 2. The van der Waals surface area contributed by atoms with Crippen LogP contribution in [0.4, 0.5) is 0 Å². The van der Waals surface area contributed by atoms with Gasteiger partial charge in [-0.25, -0.2) is 13.4 Å². The average Bonchev–Trinajstić information content (AvgIpc) is 3.11. The van der Waals surface area contributed by atoms with Crippen molar-refractivity contribution in [2.45, 2.75) is 37.8 Å². The van der Waals surface area contributed by atoms with Gasteiger partial charge in [-0.05, 0) is 38.0 Å². The summed E-state index contributed by atoms with van der Waals surface area (Å²) in [5, 5.41) is 2.73. The molecule has 0 unspecified atom stereocenters. The molecule has 26 heavy (non-hydrogen) atoms. The zero-order valence-corrected chi connectivity index (χ0v) is 15.9. The molecule has 2 N–H and O–H groups in total. The van der Waals surface area contributed by atoms with Crippen LogP contribution in [0.5, 0.6) is 5.75 Å². The summed E-state index contributed by atoms with van der Waals surface area (Å²) in [5.74, 6) is -0.151. The highest BCUT2D eigenvalue weighted by Crippen LogP contribution is 2.24. The first-order valence-corrected chi connectivity index (χ1v) is 9.72. The van der Waals surface area contributed by atoms with E-state index in [-0.39, 0.29) is 16.6 Å². The number of amides is 1. The van der Waals surface area contributed by atoms with E-state index in [2.05, 4.69) is 15.0 Å². The summed E-state index contributed by atoms with van der Waals surface area (Å²) < 4.78 is 34.6. The van der Waals surface area contributed by atoms with Gasteiger partial charge in [0.2, 0.25) is 15.9 Å². The number of sulfonamides is 1. The Kier molecular flexibility index (Phi) is 6.76. The molecule has 1 heterocycles. The van der Waals surface area contributed by atoms with E-state index in [1.54, 1.807) is 31.6 Å². The minimum atomic E-state index is -3.88. The third kappa shape index (κ3) is 5.30. The van der Waals surface area contributed by atoms with E-state index >= 15 is 0 Å². The van der Waals surface area contributed by atoms with Gasteiger partial charge in [0.15, 0.2) is 0 Å². The first-order valence-electron chi connectivity index (χ1n) is 8.24. The lowest BCUT2D eigenvalue weighted by atomic mass is 10.2. The second kappa shape index (κ2) is 8.81. The van der Waals surface area contributed by atoms with Crippen LogP contribution in [0.3, 0.4) is 0 Å². The van der Waals surface area contributed by atoms with Crippen LogP contribution in [-0.2, 0) is 21.4 Å². The third-order valence-electron chi connectivity index (χ3n) is 3.79. The number of benzene rings is 1. The maximum Gasteiger partial charge on any atom is 0.244 e. The van der Waals surface area contributed by atoms with Crippen molar-refractivity contribution >= 4 is 15.9 Å². The Bertz CT molecular complexity index is 834. The van der Waals surface area contributed by atoms with Crippen LogP contribution in [0.25, 0.3) is 0 Å². The van der Waals surface area contributed by atoms with Crippen LogP contribution < -0.4 is 14.8 Å². The first-order chi connectivity index (χ1) is 12.3. The van der Waals surface area contributed by atoms with E-state index in [1.165, 1.54) is 20.1 Å². The van der Waals surface area contributed by atoms with Gasteiger partial charge in [0.05, 0.1) is 19.5 Å². The lowest BCUT2D eigenvalue weighted by Gasteiger charge is -2.16. The van der Waals surface area contributed by atoms with Gasteiger partial charge in [-0.3, -0.25) is 4.79 Å². The quantitative estimate of drug-likeness (QED) is 0.634. The number of rotatable bonds is 9. The Labute approximate surface area is 153 Å². The molecule has 0 radical (unpaired) electrons. The van der Waals surface area contributed by atoms with Crippen molar-refractivity contribution in [1.82, 2.24) is 19.6 Å². The number of methoxy groups -OCH3 is 1. The van der Waals surface area contributed by atoms with Gasteiger partial charge < -0.3 is 14.6 Å². The Morgan fingerprint density at radius 1 is 1.38 bits per heavy atom. The number of aryl methyl sites for hydroxylation is 2. The Morgan fingerprint density at radius 2 is 2.15 bits per heavy atom. The Balaban J connectivity index is 1.91. The van der Waals surface area contributed by atoms with E-state index < -0.39 is 16.1 Å². The second-order valence-corrected chi connectivity index (χ2v) is 7.62. The van der Waals surface area contributed by atoms with Crippen molar-refractivity contribution in [3.63, 3.8) is 0 Å². The van der Waals surface area contributed by atoms with Gasteiger partial charge in [0.1, 0.15) is 10.6 Å². The summed E-state index contributed by atoms with van der Waals surface area (Å²) in [7, 11) is -2.48. The number of ether oxygens (including phenoxy) is 1. The van der Waals surface area contributed by atoms with Crippen LogP contribution in [0.1, 0.15) is 18.9 Å². The topological polar surface area (TPSA) is 102 Å². The summed E-state index contributed by atoms with van der Waals surface area (Å²) in [6.07, 6.45) is 5.95. The highest BCUT2D eigenvalue weighted by molar-refractivity contribution is 7.89. The Morgan fingerprint density at radius 3 is 2.81 bits per heavy atom. The van der Waals surface area contributed by atoms with Crippen molar-refractivity contribution < 1.29 is 17.9 Å². The van der Waals surface area contributed by atoms with E-state index in [1.807, 2.05) is 10.8 Å². The number of nitrogens with zero attached hydrogens (tertiary/aromatic N) is 2. The fraction of sp³-hybridized carbons (Fsp3) is 0.412. The number of imidazole rings is 1. The molecule has 2 aromatic rings. The number of carbonyl (C=O) groups is 1. The van der Waals surface area contributed by atoms with Crippen LogP contribution in [0.2, 0.25) is 0 Å². The van der Waals surface area contributed by atoms with Crippen LogP contribution in [0, 0.1) is 6.92 Å². The van der Waals surface area contributed by atoms with E-state index in [0.29, 0.717) is 13.0 Å². The molecule has 0 aliphatic heterocycles. The van der Waals surface area contributed by atoms with Crippen LogP contribution in [-0.4, -0.2) is 43.6 Å². The minimum absolute atomic E-state index is 0.0137. The van der Waals surface area contributed by atoms with Crippen molar-refractivity contribution in [2.75, 3.05) is 13.7 Å². The van der Waals surface area contributed by atoms with Gasteiger partial charge in [-0.1, -0.05) is 6.07 Å². The SMILES string of the molecule is COc1ccc(C)cc1S(=O)(=O)N[C@@H](C)C(=O)NCCCn1ccnc1. The van der Waals surface area contributed by atoms with Crippen molar-refractivity contribution in [3.05, 3.63) is 42.5 Å². The van der Waals surface area contributed by atoms with Crippen molar-refractivity contribution in [2.24, 2.45) is 0 Å². The molecule has 0 spiro atoms. The fourth-order valence-electron chi connectivity index (χ4n) is 2.39. The molecule has 1 atom stereocenters. The molecule has 0 saturated carbocycles. The molecule has 0 aliphatic rings. The molecule has 1 aromatic carbocycles. The monoisotopic (exact) mass is 380 g/mol. The zero-order valence-electron chi connectivity index (χ0n) is 15.1. The van der Waals surface area contributed by atoms with Gasteiger partial charge in [0.25, 0.3) is 0 Å². The lowest BCUT2D eigenvalue weighted by molar-refractivity contribution is -0.122. The molecular weight excluding hydrogens is 356 g/mol. The summed E-state index contributed by atoms with van der Waals surface area (Å²) in [6.45, 7) is 4.46. The second-order valence-electron chi connectivity index (χ2n) is 5.94. The summed E-state index contributed by atoms with van der Waals surface area (Å²) in [4.78, 5) is 16.1. The molecular formula is C17H24N4O4S. The summed E-state index contributed by atoms with van der Waals surface area (Å²) in [5.41, 5.74) is 0.780. The number of nitrogens with one attached hydrogen (secondary N) is 2. The summed E-state index contributed by atoms with van der Waals surface area (Å²) in [6, 6.07) is 3.95. The predicted molar refractivity (Wildman–Crippen MR) is 97.4 cm³/mol. The molecule has 0 aliphatic carbocycles. The molecule has 1 amide bonds. The smallest absolute Gasteiger partial charge is 0.244 e. The number of carbonyl (C=O) groups excluding carboxylic acids is 1. The maximum absolute atomic E-state index is 12.6. The van der Waals surface area contributed by atoms with Crippen LogP contribution in [0.15, 0.2) is 41.8 Å². The highest BCUT2D eigenvalue weighted by atomic mass is 32.2. The number of aromatic nitrogens is 2. The van der Waals surface area contributed by atoms with Gasteiger partial charge in [0, 0.05) is 25.5 Å². The Hall–Kier alpha value is -2.39. The van der Waals surface area contributed by atoms with Gasteiger partial charge in [-0.2, -0.15) is 4.72 Å². The molecule has 1 aromatic heterocycles. The highest BCUT2D eigenvalue weighted by Gasteiger charge is 2.25. The third-order valence-corrected chi connectivity index (χ3v) is 5.35. The van der Waals surface area contributed by atoms with E-state index in [0.717, 1.165) is 12.1 Å². The first kappa shape index (κ1) is 19.9. The fourth-order valence-corrected chi connectivity index (χ4v) is 3.85. The zero-order chi connectivity index (χ0) is 19.2. The predicted octanol–water partition coefficient (Wildman–Crippen LogP) is 1.07. The molecule has 2 rings (SSSR count). The molecule has 0 bridgehead atoms. The molecule has 0 saturated heterocycles. The van der Waals surface area contributed by atoms with E-state index in [4.69, 9.17) is 4.74 Å². The van der Waals surface area contributed by atoms with Crippen molar-refractivity contribution in [3.8, 4) is 5.75 Å². The largest absolute Gasteiger partial charge is 0.495 e. The number of hydrogen-bond acceptors (Lipinski definition) is 5. The maximum atomic E-state index is 12.6.